The molecule has 0 radical (unpaired) electrons. The largest absolute Gasteiger partial charge is 0.320 e. The predicted octanol–water partition coefficient (Wildman–Crippen LogP) is 5.26. The highest BCUT2D eigenvalue weighted by Gasteiger charge is 2.13. The molecule has 0 unspecified atom stereocenters. The minimum absolute atomic E-state index is 0.134. The number of hydrogen-bond donors (Lipinski definition) is 1. The van der Waals surface area contributed by atoms with Crippen molar-refractivity contribution in [2.45, 2.75) is 0 Å². The number of benzene rings is 2. The molecule has 2 rings (SSSR count). The first-order valence-corrected chi connectivity index (χ1v) is 7.15. The van der Waals surface area contributed by atoms with E-state index < -0.39 is 5.82 Å². The number of rotatable bonds is 2. The molecule has 98 valence electrons. The van der Waals surface area contributed by atoms with Gasteiger partial charge in [0.2, 0.25) is 0 Å². The van der Waals surface area contributed by atoms with Gasteiger partial charge in [-0.2, -0.15) is 0 Å². The molecule has 2 nitrogen and oxygen atoms in total. The molecule has 1 amide bonds. The third kappa shape index (κ3) is 3.55. The van der Waals surface area contributed by atoms with Gasteiger partial charge in [0.1, 0.15) is 5.82 Å². The Bertz CT molecular complexity index is 625. The Morgan fingerprint density at radius 1 is 1.21 bits per heavy atom. The molecule has 0 atom stereocenters. The van der Waals surface area contributed by atoms with Gasteiger partial charge in [0, 0.05) is 14.5 Å². The third-order valence-corrected chi connectivity index (χ3v) is 3.75. The van der Waals surface area contributed by atoms with Crippen molar-refractivity contribution < 1.29 is 9.18 Å². The molecule has 0 aliphatic carbocycles. The summed E-state index contributed by atoms with van der Waals surface area (Å²) in [5.74, 6) is -0.798. The van der Waals surface area contributed by atoms with Gasteiger partial charge in [0.15, 0.2) is 0 Å². The first-order valence-electron chi connectivity index (χ1n) is 5.19. The summed E-state index contributed by atoms with van der Waals surface area (Å²) in [6.45, 7) is 0. The van der Waals surface area contributed by atoms with Crippen LogP contribution in [0.5, 0.6) is 0 Å². The summed E-state index contributed by atoms with van der Waals surface area (Å²) in [7, 11) is 0. The number of anilines is 1. The van der Waals surface area contributed by atoms with Crippen LogP contribution >= 0.6 is 43.5 Å². The van der Waals surface area contributed by atoms with Crippen LogP contribution in [-0.4, -0.2) is 5.91 Å². The molecule has 2 aromatic rings. The normalized spacial score (nSPS) is 10.3. The Labute approximate surface area is 131 Å². The molecule has 0 saturated carbocycles. The van der Waals surface area contributed by atoms with Crippen molar-refractivity contribution in [2.75, 3.05) is 5.32 Å². The number of halogens is 4. The van der Waals surface area contributed by atoms with Crippen LogP contribution in [-0.2, 0) is 0 Å². The van der Waals surface area contributed by atoms with Crippen LogP contribution in [0, 0.1) is 5.82 Å². The molecule has 0 aliphatic heterocycles. The van der Waals surface area contributed by atoms with Gasteiger partial charge in [-0.15, -0.1) is 0 Å². The minimum atomic E-state index is -0.475. The van der Waals surface area contributed by atoms with Gasteiger partial charge in [-0.05, 0) is 46.3 Å². The first-order chi connectivity index (χ1) is 8.97. The Balaban J connectivity index is 2.29. The predicted molar refractivity (Wildman–Crippen MR) is 81.2 cm³/mol. The third-order valence-electron chi connectivity index (χ3n) is 2.33. The zero-order valence-corrected chi connectivity index (χ0v) is 13.3. The molecule has 0 bridgehead atoms. The zero-order chi connectivity index (χ0) is 14.0. The molecular weight excluding hydrogens is 400 g/mol. The standard InChI is InChI=1S/C13H7Br2ClFNO/c14-8-3-1-2-7(4-8)13(19)18-12-10(15)5-9(17)6-11(12)16/h1-6H,(H,18,19). The van der Waals surface area contributed by atoms with E-state index in [1.807, 2.05) is 6.07 Å². The highest BCUT2D eigenvalue weighted by Crippen LogP contribution is 2.32. The van der Waals surface area contributed by atoms with Gasteiger partial charge in [-0.25, -0.2) is 4.39 Å². The van der Waals surface area contributed by atoms with Crippen LogP contribution in [0.4, 0.5) is 10.1 Å². The maximum Gasteiger partial charge on any atom is 0.255 e. The summed E-state index contributed by atoms with van der Waals surface area (Å²) < 4.78 is 14.3. The van der Waals surface area contributed by atoms with Gasteiger partial charge in [-0.3, -0.25) is 4.79 Å². The van der Waals surface area contributed by atoms with E-state index in [1.165, 1.54) is 6.07 Å². The van der Waals surface area contributed by atoms with Crippen LogP contribution in [0.15, 0.2) is 45.3 Å². The van der Waals surface area contributed by atoms with Gasteiger partial charge < -0.3 is 5.32 Å². The van der Waals surface area contributed by atoms with Gasteiger partial charge in [0.05, 0.1) is 10.7 Å². The molecule has 0 heterocycles. The Kier molecular flexibility index (Phi) is 4.60. The monoisotopic (exact) mass is 405 g/mol. The fourth-order valence-electron chi connectivity index (χ4n) is 1.48. The van der Waals surface area contributed by atoms with Crippen molar-refractivity contribution in [3.8, 4) is 0 Å². The minimum Gasteiger partial charge on any atom is -0.320 e. The lowest BCUT2D eigenvalue weighted by Gasteiger charge is -2.10. The quantitative estimate of drug-likeness (QED) is 0.723. The fraction of sp³-hybridized carbons (Fsp3) is 0. The van der Waals surface area contributed by atoms with E-state index in [2.05, 4.69) is 37.2 Å². The fourth-order valence-corrected chi connectivity index (χ4v) is 2.78. The highest BCUT2D eigenvalue weighted by molar-refractivity contribution is 9.10. The van der Waals surface area contributed by atoms with E-state index in [4.69, 9.17) is 11.6 Å². The van der Waals surface area contributed by atoms with E-state index in [9.17, 15) is 9.18 Å². The SMILES string of the molecule is O=C(Nc1c(Cl)cc(F)cc1Br)c1cccc(Br)c1. The second-order valence-electron chi connectivity index (χ2n) is 3.71. The van der Waals surface area contributed by atoms with Crippen LogP contribution in [0.2, 0.25) is 5.02 Å². The number of nitrogens with one attached hydrogen (secondary N) is 1. The molecule has 2 aromatic carbocycles. The molecule has 0 aromatic heterocycles. The summed E-state index contributed by atoms with van der Waals surface area (Å²) in [5, 5.41) is 2.78. The lowest BCUT2D eigenvalue weighted by molar-refractivity contribution is 0.102. The maximum atomic E-state index is 13.1. The smallest absolute Gasteiger partial charge is 0.255 e. The summed E-state index contributed by atoms with van der Waals surface area (Å²) in [5.41, 5.74) is 0.815. The average Bonchev–Trinajstić information content (AvgIpc) is 2.33. The lowest BCUT2D eigenvalue weighted by atomic mass is 10.2. The summed E-state index contributed by atoms with van der Waals surface area (Å²) in [4.78, 5) is 12.1. The molecular formula is C13H7Br2ClFNO. The Morgan fingerprint density at radius 2 is 1.95 bits per heavy atom. The Morgan fingerprint density at radius 3 is 2.58 bits per heavy atom. The van der Waals surface area contributed by atoms with Crippen LogP contribution < -0.4 is 5.32 Å². The van der Waals surface area contributed by atoms with Crippen molar-refractivity contribution in [3.05, 3.63) is 61.7 Å². The Hall–Kier alpha value is -0.910. The zero-order valence-electron chi connectivity index (χ0n) is 9.38. The van der Waals surface area contributed by atoms with E-state index in [-0.39, 0.29) is 10.9 Å². The van der Waals surface area contributed by atoms with Gasteiger partial charge in [0.25, 0.3) is 5.91 Å². The number of carbonyl (C=O) groups excluding carboxylic acids is 1. The number of amides is 1. The molecule has 6 heteroatoms. The van der Waals surface area contributed by atoms with E-state index in [0.717, 1.165) is 10.5 Å². The van der Waals surface area contributed by atoms with Crippen LogP contribution in [0.25, 0.3) is 0 Å². The second-order valence-corrected chi connectivity index (χ2v) is 5.89. The van der Waals surface area contributed by atoms with Crippen molar-refractivity contribution in [1.29, 1.82) is 0 Å². The first kappa shape index (κ1) is 14.5. The molecule has 0 aliphatic rings. The van der Waals surface area contributed by atoms with Crippen LogP contribution in [0.1, 0.15) is 10.4 Å². The van der Waals surface area contributed by atoms with Crippen molar-refractivity contribution >= 4 is 55.1 Å². The molecule has 0 saturated heterocycles. The summed E-state index contributed by atoms with van der Waals surface area (Å²) >= 11 is 12.4. The van der Waals surface area contributed by atoms with Crippen molar-refractivity contribution in [3.63, 3.8) is 0 Å². The van der Waals surface area contributed by atoms with Crippen molar-refractivity contribution in [2.24, 2.45) is 0 Å². The maximum absolute atomic E-state index is 13.1. The topological polar surface area (TPSA) is 29.1 Å². The van der Waals surface area contributed by atoms with Gasteiger partial charge >= 0.3 is 0 Å². The second kappa shape index (κ2) is 6.03. The lowest BCUT2D eigenvalue weighted by Crippen LogP contribution is -2.12. The van der Waals surface area contributed by atoms with Crippen LogP contribution in [0.3, 0.4) is 0 Å². The average molecular weight is 407 g/mol. The van der Waals surface area contributed by atoms with Crippen molar-refractivity contribution in [1.82, 2.24) is 0 Å². The van der Waals surface area contributed by atoms with E-state index in [1.54, 1.807) is 18.2 Å². The molecule has 1 N–H and O–H groups in total. The number of carbonyl (C=O) groups is 1. The number of hydrogen-bond acceptors (Lipinski definition) is 1. The van der Waals surface area contributed by atoms with Gasteiger partial charge in [-0.1, -0.05) is 33.6 Å². The molecule has 0 spiro atoms. The highest BCUT2D eigenvalue weighted by atomic mass is 79.9. The van der Waals surface area contributed by atoms with E-state index >= 15 is 0 Å². The summed E-state index contributed by atoms with van der Waals surface area (Å²) in [6, 6.07) is 9.30. The van der Waals surface area contributed by atoms with E-state index in [0.29, 0.717) is 15.7 Å². The molecule has 0 fully saturated rings. The molecule has 19 heavy (non-hydrogen) atoms. The summed E-state index contributed by atoms with van der Waals surface area (Å²) in [6.07, 6.45) is 0.